The summed E-state index contributed by atoms with van der Waals surface area (Å²) in [6.07, 6.45) is 2.47. The van der Waals surface area contributed by atoms with Gasteiger partial charge in [0, 0.05) is 10.5 Å². The number of benzene rings is 2. The van der Waals surface area contributed by atoms with E-state index in [4.69, 9.17) is 4.74 Å². The molecular weight excluding hydrogens is 354 g/mol. The van der Waals surface area contributed by atoms with Crippen LogP contribution in [0.3, 0.4) is 0 Å². The summed E-state index contributed by atoms with van der Waals surface area (Å²) in [6, 6.07) is 14.3. The largest absolute Gasteiger partial charge is 0.467 e. The highest BCUT2D eigenvalue weighted by atomic mass is 32.2. The second kappa shape index (κ2) is 9.53. The predicted molar refractivity (Wildman–Crippen MR) is 105 cm³/mol. The average molecular weight is 376 g/mol. The third-order valence-corrected chi connectivity index (χ3v) is 4.66. The zero-order valence-corrected chi connectivity index (χ0v) is 15.9. The van der Waals surface area contributed by atoms with Crippen molar-refractivity contribution < 1.29 is 14.3 Å². The Balaban J connectivity index is 2.30. The number of methoxy groups -OCH3 is 1. The van der Waals surface area contributed by atoms with Crippen molar-refractivity contribution in [3.8, 4) is 11.1 Å². The molecule has 0 unspecified atom stereocenters. The summed E-state index contributed by atoms with van der Waals surface area (Å²) < 4.78 is 4.81. The number of carbonyl (C=O) groups excluding carboxylic acids is 2. The van der Waals surface area contributed by atoms with Crippen molar-refractivity contribution in [2.75, 3.05) is 19.1 Å². The Morgan fingerprint density at radius 2 is 1.92 bits per heavy atom. The summed E-state index contributed by atoms with van der Waals surface area (Å²) >= 11 is 5.99. The maximum atomic E-state index is 12.8. The normalized spacial score (nSPS) is 11.6. The molecule has 1 amide bonds. The van der Waals surface area contributed by atoms with Gasteiger partial charge in [-0.05, 0) is 47.8 Å². The molecule has 0 heterocycles. The van der Waals surface area contributed by atoms with Crippen LogP contribution < -0.4 is 5.32 Å². The summed E-state index contributed by atoms with van der Waals surface area (Å²) in [5, 5.41) is 2.80. The lowest BCUT2D eigenvalue weighted by Crippen LogP contribution is -2.42. The van der Waals surface area contributed by atoms with Crippen LogP contribution in [0.25, 0.3) is 11.1 Å². The highest BCUT2D eigenvalue weighted by molar-refractivity contribution is 7.98. The van der Waals surface area contributed by atoms with E-state index in [1.54, 1.807) is 23.9 Å². The molecule has 0 radical (unpaired) electrons. The molecule has 2 aromatic rings. The Labute approximate surface area is 157 Å². The minimum Gasteiger partial charge on any atom is -0.467 e. The summed E-state index contributed by atoms with van der Waals surface area (Å²) in [5.41, 5.74) is 2.20. The first-order valence-electron chi connectivity index (χ1n) is 7.83. The summed E-state index contributed by atoms with van der Waals surface area (Å²) in [5.74, 6) is 0.0133. The molecule has 0 bridgehead atoms. The van der Waals surface area contributed by atoms with Gasteiger partial charge in [0.15, 0.2) is 0 Å². The third kappa shape index (κ3) is 5.28. The van der Waals surface area contributed by atoms with E-state index in [0.717, 1.165) is 21.8 Å². The van der Waals surface area contributed by atoms with E-state index in [0.29, 0.717) is 12.0 Å². The number of amides is 1. The Kier molecular flexibility index (Phi) is 7.40. The molecule has 0 spiro atoms. The van der Waals surface area contributed by atoms with Crippen LogP contribution in [0.1, 0.15) is 16.8 Å². The fourth-order valence-corrected chi connectivity index (χ4v) is 3.12. The number of thioether (sulfide) groups is 1. The third-order valence-electron chi connectivity index (χ3n) is 3.73. The molecule has 4 nitrogen and oxygen atoms in total. The standard InChI is InChI=1S/C19H21NO3S2/c1-23-19(22)17(10-11-25-2)20-18(21)15-9-8-14(24)12-16(15)13-6-4-3-5-7-13/h3-9,12,17,24H,10-11H2,1-2H3,(H,20,21)/t17-/m0/s1. The van der Waals surface area contributed by atoms with E-state index >= 15 is 0 Å². The van der Waals surface area contributed by atoms with Crippen LogP contribution in [0, 0.1) is 0 Å². The van der Waals surface area contributed by atoms with Gasteiger partial charge >= 0.3 is 5.97 Å². The number of carbonyl (C=O) groups is 2. The zero-order chi connectivity index (χ0) is 18.2. The van der Waals surface area contributed by atoms with Crippen molar-refractivity contribution in [3.05, 3.63) is 54.1 Å². The van der Waals surface area contributed by atoms with E-state index < -0.39 is 12.0 Å². The fourth-order valence-electron chi connectivity index (χ4n) is 2.45. The quantitative estimate of drug-likeness (QED) is 0.573. The van der Waals surface area contributed by atoms with Gasteiger partial charge in [-0.3, -0.25) is 4.79 Å². The number of ether oxygens (including phenoxy) is 1. The van der Waals surface area contributed by atoms with Crippen molar-refractivity contribution >= 4 is 36.3 Å². The van der Waals surface area contributed by atoms with E-state index in [1.807, 2.05) is 42.7 Å². The molecular formula is C19H21NO3S2. The molecule has 6 heteroatoms. The first-order valence-corrected chi connectivity index (χ1v) is 9.67. The summed E-state index contributed by atoms with van der Waals surface area (Å²) in [6.45, 7) is 0. The number of hydrogen-bond donors (Lipinski definition) is 2. The molecule has 0 saturated carbocycles. The molecule has 132 valence electrons. The van der Waals surface area contributed by atoms with E-state index in [-0.39, 0.29) is 5.91 Å². The lowest BCUT2D eigenvalue weighted by atomic mass is 9.99. The van der Waals surface area contributed by atoms with Crippen LogP contribution in [0.15, 0.2) is 53.4 Å². The monoisotopic (exact) mass is 375 g/mol. The molecule has 2 aromatic carbocycles. The predicted octanol–water partition coefficient (Wildman–Crippen LogP) is 3.67. The number of nitrogens with one attached hydrogen (secondary N) is 1. The van der Waals surface area contributed by atoms with Crippen LogP contribution in [-0.4, -0.2) is 37.0 Å². The van der Waals surface area contributed by atoms with Crippen molar-refractivity contribution in [1.82, 2.24) is 5.32 Å². The maximum absolute atomic E-state index is 12.8. The molecule has 0 aromatic heterocycles. The van der Waals surface area contributed by atoms with Crippen molar-refractivity contribution in [2.45, 2.75) is 17.4 Å². The van der Waals surface area contributed by atoms with E-state index in [2.05, 4.69) is 17.9 Å². The fraction of sp³-hybridized carbons (Fsp3) is 0.263. The number of hydrogen-bond acceptors (Lipinski definition) is 5. The number of thiol groups is 1. The Morgan fingerprint density at radius 1 is 1.20 bits per heavy atom. The second-order valence-corrected chi connectivity index (χ2v) is 6.93. The molecule has 1 atom stereocenters. The highest BCUT2D eigenvalue weighted by Crippen LogP contribution is 2.26. The van der Waals surface area contributed by atoms with Crippen LogP contribution in [0.2, 0.25) is 0 Å². The van der Waals surface area contributed by atoms with Gasteiger partial charge in [0.25, 0.3) is 5.91 Å². The lowest BCUT2D eigenvalue weighted by Gasteiger charge is -2.17. The molecule has 0 fully saturated rings. The van der Waals surface area contributed by atoms with Gasteiger partial charge < -0.3 is 10.1 Å². The maximum Gasteiger partial charge on any atom is 0.328 e. The van der Waals surface area contributed by atoms with Gasteiger partial charge in [0.05, 0.1) is 7.11 Å². The summed E-state index contributed by atoms with van der Waals surface area (Å²) in [4.78, 5) is 25.5. The lowest BCUT2D eigenvalue weighted by molar-refractivity contribution is -0.142. The van der Waals surface area contributed by atoms with Crippen molar-refractivity contribution in [1.29, 1.82) is 0 Å². The van der Waals surface area contributed by atoms with Gasteiger partial charge in [-0.1, -0.05) is 30.3 Å². The Hall–Kier alpha value is -1.92. The Morgan fingerprint density at radius 3 is 2.56 bits per heavy atom. The second-order valence-electron chi connectivity index (χ2n) is 5.43. The average Bonchev–Trinajstić information content (AvgIpc) is 2.64. The first-order chi connectivity index (χ1) is 12.1. The van der Waals surface area contributed by atoms with Gasteiger partial charge in [0.2, 0.25) is 0 Å². The van der Waals surface area contributed by atoms with Crippen molar-refractivity contribution in [3.63, 3.8) is 0 Å². The zero-order valence-electron chi connectivity index (χ0n) is 14.2. The van der Waals surface area contributed by atoms with Crippen LogP contribution >= 0.6 is 24.4 Å². The topological polar surface area (TPSA) is 55.4 Å². The molecule has 2 rings (SSSR count). The Bertz CT molecular complexity index is 735. The van der Waals surface area contributed by atoms with E-state index in [1.165, 1.54) is 7.11 Å². The van der Waals surface area contributed by atoms with Crippen LogP contribution in [0.5, 0.6) is 0 Å². The molecule has 0 aliphatic carbocycles. The minimum atomic E-state index is -0.663. The molecule has 0 aliphatic rings. The van der Waals surface area contributed by atoms with Gasteiger partial charge in [0.1, 0.15) is 6.04 Å². The minimum absolute atomic E-state index is 0.302. The van der Waals surface area contributed by atoms with Gasteiger partial charge in [-0.25, -0.2) is 4.79 Å². The molecule has 25 heavy (non-hydrogen) atoms. The SMILES string of the molecule is COC(=O)[C@H](CCSC)NC(=O)c1ccc(S)cc1-c1ccccc1. The summed E-state index contributed by atoms with van der Waals surface area (Å²) in [7, 11) is 1.33. The smallest absolute Gasteiger partial charge is 0.328 e. The molecule has 0 saturated heterocycles. The van der Waals surface area contributed by atoms with Crippen LogP contribution in [-0.2, 0) is 9.53 Å². The number of esters is 1. The first kappa shape index (κ1) is 19.4. The van der Waals surface area contributed by atoms with Crippen LogP contribution in [0.4, 0.5) is 0 Å². The molecule has 1 N–H and O–H groups in total. The van der Waals surface area contributed by atoms with Gasteiger partial charge in [-0.2, -0.15) is 11.8 Å². The van der Waals surface area contributed by atoms with E-state index in [9.17, 15) is 9.59 Å². The highest BCUT2D eigenvalue weighted by Gasteiger charge is 2.23. The van der Waals surface area contributed by atoms with Gasteiger partial charge in [-0.15, -0.1) is 12.6 Å². The number of rotatable bonds is 7. The molecule has 0 aliphatic heterocycles. The van der Waals surface area contributed by atoms with Crippen molar-refractivity contribution in [2.24, 2.45) is 0 Å².